The van der Waals surface area contributed by atoms with Gasteiger partial charge in [-0.05, 0) is 43.3 Å². The van der Waals surface area contributed by atoms with Gasteiger partial charge in [0.15, 0.2) is 11.6 Å². The molecule has 1 unspecified atom stereocenters. The number of nitrogens with two attached hydrogens (primary N) is 1. The van der Waals surface area contributed by atoms with Crippen LogP contribution in [0.4, 0.5) is 8.78 Å². The highest BCUT2D eigenvalue weighted by Gasteiger charge is 2.26. The Morgan fingerprint density at radius 1 is 1.18 bits per heavy atom. The number of benzene rings is 2. The van der Waals surface area contributed by atoms with Crippen molar-refractivity contribution in [3.05, 3.63) is 76.2 Å². The number of hydrogen-bond donors (Lipinski definition) is 3. The highest BCUT2D eigenvalue weighted by atomic mass is 19.2. The van der Waals surface area contributed by atoms with Crippen molar-refractivity contribution in [2.75, 3.05) is 20.1 Å². The van der Waals surface area contributed by atoms with Crippen LogP contribution < -0.4 is 16.6 Å². The van der Waals surface area contributed by atoms with Crippen molar-refractivity contribution >= 4 is 10.9 Å². The second-order valence-electron chi connectivity index (χ2n) is 8.22. The van der Waals surface area contributed by atoms with Crippen LogP contribution in [0.25, 0.3) is 27.8 Å². The van der Waals surface area contributed by atoms with Crippen LogP contribution in [-0.2, 0) is 0 Å². The van der Waals surface area contributed by atoms with Crippen LogP contribution in [0.1, 0.15) is 18.2 Å². The van der Waals surface area contributed by atoms with Crippen molar-refractivity contribution in [2.45, 2.75) is 18.6 Å². The van der Waals surface area contributed by atoms with E-state index >= 15 is 0 Å². The molecule has 2 atom stereocenters. The molecule has 1 fully saturated rings. The maximum atomic E-state index is 13.6. The second-order valence-corrected chi connectivity index (χ2v) is 8.22. The Hall–Kier alpha value is -3.47. The highest BCUT2D eigenvalue weighted by Crippen LogP contribution is 2.23. The van der Waals surface area contributed by atoms with E-state index in [9.17, 15) is 13.6 Å². The zero-order valence-electron chi connectivity index (χ0n) is 17.9. The molecule has 0 spiro atoms. The van der Waals surface area contributed by atoms with E-state index in [1.165, 1.54) is 6.07 Å². The summed E-state index contributed by atoms with van der Waals surface area (Å²) in [5, 5.41) is 11.9. The molecule has 0 saturated carbocycles. The van der Waals surface area contributed by atoms with Crippen LogP contribution in [0.2, 0.25) is 0 Å². The van der Waals surface area contributed by atoms with Crippen LogP contribution in [0.3, 0.4) is 0 Å². The largest absolute Gasteiger partial charge is 0.321 e. The number of fused-ring (bicyclic) bond motifs is 1. The Labute approximate surface area is 188 Å². The third-order valence-electron chi connectivity index (χ3n) is 6.17. The van der Waals surface area contributed by atoms with E-state index in [0.29, 0.717) is 17.1 Å². The monoisotopic (exact) mass is 451 g/mol. The molecule has 8 nitrogen and oxygen atoms in total. The lowest BCUT2D eigenvalue weighted by Gasteiger charge is -2.24. The Balaban J connectivity index is 1.39. The summed E-state index contributed by atoms with van der Waals surface area (Å²) < 4.78 is 28.6. The normalized spacial score (nSPS) is 17.6. The van der Waals surface area contributed by atoms with E-state index in [4.69, 9.17) is 5.73 Å². The maximum absolute atomic E-state index is 13.6. The first-order chi connectivity index (χ1) is 15.9. The van der Waals surface area contributed by atoms with Crippen LogP contribution in [0.5, 0.6) is 0 Å². The first-order valence-electron chi connectivity index (χ1n) is 10.6. The van der Waals surface area contributed by atoms with E-state index in [1.54, 1.807) is 10.9 Å². The Morgan fingerprint density at radius 3 is 2.67 bits per heavy atom. The third kappa shape index (κ3) is 4.04. The van der Waals surface area contributed by atoms with Crippen molar-refractivity contribution < 1.29 is 8.78 Å². The SMILES string of the molecule is CN[C@@H]1CCN(C(N)c2ccc(-n3cc(-c4cc5cc(F)c(F)cc5[nH]c4=O)nn3)cc2)C1. The van der Waals surface area contributed by atoms with Crippen molar-refractivity contribution in [2.24, 2.45) is 5.73 Å². The first kappa shape index (κ1) is 21.4. The average Bonchev–Trinajstić information content (AvgIpc) is 3.50. The van der Waals surface area contributed by atoms with E-state index < -0.39 is 17.2 Å². The average molecular weight is 451 g/mol. The van der Waals surface area contributed by atoms with Gasteiger partial charge in [-0.25, -0.2) is 13.5 Å². The molecule has 170 valence electrons. The standard InChI is InChI=1S/C23H23F2N7O/c1-27-15-6-7-31(11-15)22(26)13-2-4-16(5-3-13)32-12-21(29-30-32)17-8-14-9-18(24)19(25)10-20(14)28-23(17)33/h2-5,8-10,12,15,22,27H,6-7,11,26H2,1H3,(H,28,33)/t15-,22?/m1/s1. The Bertz CT molecular complexity index is 1370. The van der Waals surface area contributed by atoms with Gasteiger partial charge < -0.3 is 16.0 Å². The molecule has 33 heavy (non-hydrogen) atoms. The van der Waals surface area contributed by atoms with E-state index in [0.717, 1.165) is 42.9 Å². The minimum atomic E-state index is -1.02. The number of rotatable bonds is 5. The van der Waals surface area contributed by atoms with Gasteiger partial charge in [0.1, 0.15) is 5.69 Å². The zero-order valence-corrected chi connectivity index (χ0v) is 17.9. The van der Waals surface area contributed by atoms with Crippen LogP contribution in [-0.4, -0.2) is 51.1 Å². The van der Waals surface area contributed by atoms with Gasteiger partial charge in [0.2, 0.25) is 0 Å². The van der Waals surface area contributed by atoms with Crippen molar-refractivity contribution in [1.29, 1.82) is 0 Å². The summed E-state index contributed by atoms with van der Waals surface area (Å²) in [7, 11) is 1.96. The van der Waals surface area contributed by atoms with Gasteiger partial charge in [-0.1, -0.05) is 17.3 Å². The molecule has 3 heterocycles. The molecule has 10 heteroatoms. The van der Waals surface area contributed by atoms with Crippen LogP contribution in [0.15, 0.2) is 53.5 Å². The molecule has 0 amide bonds. The molecule has 2 aromatic heterocycles. The molecular formula is C23H23F2N7O. The predicted octanol–water partition coefficient (Wildman–Crippen LogP) is 2.30. The summed E-state index contributed by atoms with van der Waals surface area (Å²) in [5.41, 5.74) is 8.47. The summed E-state index contributed by atoms with van der Waals surface area (Å²) in [4.78, 5) is 17.3. The number of aromatic amines is 1. The number of hydrogen-bond acceptors (Lipinski definition) is 6. The second kappa shape index (κ2) is 8.47. The summed E-state index contributed by atoms with van der Waals surface area (Å²) in [6.45, 7) is 1.85. The molecule has 2 aromatic carbocycles. The predicted molar refractivity (Wildman–Crippen MR) is 121 cm³/mol. The number of halogens is 2. The number of H-pyrrole nitrogens is 1. The van der Waals surface area contributed by atoms with E-state index in [2.05, 4.69) is 25.5 Å². The molecule has 0 bridgehead atoms. The molecule has 4 N–H and O–H groups in total. The van der Waals surface area contributed by atoms with Gasteiger partial charge >= 0.3 is 0 Å². The minimum Gasteiger partial charge on any atom is -0.321 e. The minimum absolute atomic E-state index is 0.190. The van der Waals surface area contributed by atoms with E-state index in [-0.39, 0.29) is 17.2 Å². The van der Waals surface area contributed by atoms with Gasteiger partial charge in [-0.3, -0.25) is 9.69 Å². The summed E-state index contributed by atoms with van der Waals surface area (Å²) in [6.07, 6.45) is 2.49. The molecule has 1 aliphatic rings. The maximum Gasteiger partial charge on any atom is 0.258 e. The number of likely N-dealkylation sites (tertiary alicyclic amines) is 1. The first-order valence-corrected chi connectivity index (χ1v) is 10.6. The van der Waals surface area contributed by atoms with Gasteiger partial charge in [-0.2, -0.15) is 0 Å². The van der Waals surface area contributed by atoms with E-state index in [1.807, 2.05) is 31.3 Å². The fraction of sp³-hybridized carbons (Fsp3) is 0.261. The Kier molecular flexibility index (Phi) is 5.49. The van der Waals surface area contributed by atoms with Crippen molar-refractivity contribution in [3.8, 4) is 16.9 Å². The molecule has 5 rings (SSSR count). The smallest absolute Gasteiger partial charge is 0.258 e. The quantitative estimate of drug-likeness (QED) is 0.430. The fourth-order valence-electron chi connectivity index (χ4n) is 4.21. The molecule has 1 aliphatic heterocycles. The van der Waals surface area contributed by atoms with Crippen molar-refractivity contribution in [3.63, 3.8) is 0 Å². The lowest BCUT2D eigenvalue weighted by atomic mass is 10.1. The van der Waals surface area contributed by atoms with Gasteiger partial charge in [0.05, 0.1) is 29.1 Å². The zero-order chi connectivity index (χ0) is 23.1. The summed E-state index contributed by atoms with van der Waals surface area (Å²) in [5.74, 6) is -2.01. The van der Waals surface area contributed by atoms with Crippen LogP contribution in [0, 0.1) is 11.6 Å². The van der Waals surface area contributed by atoms with Crippen molar-refractivity contribution in [1.82, 2.24) is 30.2 Å². The molecule has 0 radical (unpaired) electrons. The number of nitrogens with one attached hydrogen (secondary N) is 2. The summed E-state index contributed by atoms with van der Waals surface area (Å²) in [6, 6.07) is 11.6. The van der Waals surface area contributed by atoms with Gasteiger partial charge in [0, 0.05) is 30.6 Å². The molecular weight excluding hydrogens is 428 g/mol. The number of pyridine rings is 1. The number of likely N-dealkylation sites (N-methyl/N-ethyl adjacent to an activating group) is 1. The van der Waals surface area contributed by atoms with Crippen LogP contribution >= 0.6 is 0 Å². The third-order valence-corrected chi connectivity index (χ3v) is 6.17. The lowest BCUT2D eigenvalue weighted by molar-refractivity contribution is 0.246. The van der Waals surface area contributed by atoms with Gasteiger partial charge in [0.25, 0.3) is 5.56 Å². The molecule has 4 aromatic rings. The van der Waals surface area contributed by atoms with Gasteiger partial charge in [-0.15, -0.1) is 5.10 Å². The highest BCUT2D eigenvalue weighted by molar-refractivity contribution is 5.82. The topological polar surface area (TPSA) is 105 Å². The fourth-order valence-corrected chi connectivity index (χ4v) is 4.21. The number of aromatic nitrogens is 4. The summed E-state index contributed by atoms with van der Waals surface area (Å²) >= 11 is 0. The molecule has 1 saturated heterocycles. The number of nitrogens with zero attached hydrogens (tertiary/aromatic N) is 4. The lowest BCUT2D eigenvalue weighted by Crippen LogP contribution is -2.35. The Morgan fingerprint density at radius 2 is 1.94 bits per heavy atom. The molecule has 0 aliphatic carbocycles.